The molecule has 1 aliphatic carbocycles. The monoisotopic (exact) mass is 203 g/mol. The maximum atomic E-state index is 11.6. The van der Waals surface area contributed by atoms with Gasteiger partial charge in [-0.15, -0.1) is 0 Å². The first-order valence-electron chi connectivity index (χ1n) is 5.29. The first kappa shape index (κ1) is 8.77. The van der Waals surface area contributed by atoms with E-state index < -0.39 is 0 Å². The highest BCUT2D eigenvalue weighted by atomic mass is 16.3. The number of fused-ring (bicyclic) bond motifs is 1. The molecule has 0 amide bonds. The first-order valence-corrected chi connectivity index (χ1v) is 5.29. The van der Waals surface area contributed by atoms with Gasteiger partial charge in [-0.05, 0) is 24.8 Å². The third kappa shape index (κ3) is 1.30. The van der Waals surface area contributed by atoms with Crippen molar-refractivity contribution >= 4 is 6.08 Å². The topological polar surface area (TPSA) is 33.5 Å². The summed E-state index contributed by atoms with van der Waals surface area (Å²) in [4.78, 5) is 13.8. The maximum Gasteiger partial charge on any atom is 0.192 e. The molecule has 3 heteroatoms. The van der Waals surface area contributed by atoms with Gasteiger partial charge in [0.15, 0.2) is 5.43 Å². The third-order valence-corrected chi connectivity index (χ3v) is 3.20. The molecule has 0 aromatic carbocycles. The smallest absolute Gasteiger partial charge is 0.192 e. The van der Waals surface area contributed by atoms with Crippen molar-refractivity contribution in [1.82, 2.24) is 4.90 Å². The normalized spacial score (nSPS) is 24.1. The van der Waals surface area contributed by atoms with E-state index in [1.165, 1.54) is 25.2 Å². The highest BCUT2D eigenvalue weighted by molar-refractivity contribution is 5.53. The molecule has 3 nitrogen and oxygen atoms in total. The van der Waals surface area contributed by atoms with Gasteiger partial charge < -0.3 is 9.32 Å². The molecule has 0 N–H and O–H groups in total. The lowest BCUT2D eigenvalue weighted by Gasteiger charge is -2.29. The van der Waals surface area contributed by atoms with Crippen molar-refractivity contribution in [3.05, 3.63) is 40.1 Å². The summed E-state index contributed by atoms with van der Waals surface area (Å²) in [6.07, 6.45) is 7.80. The number of nitrogens with zero attached hydrogens (tertiary/aromatic N) is 1. The van der Waals surface area contributed by atoms with Crippen LogP contribution in [0.2, 0.25) is 0 Å². The lowest BCUT2D eigenvalue weighted by Crippen LogP contribution is -2.26. The highest BCUT2D eigenvalue weighted by Crippen LogP contribution is 2.46. The fraction of sp³-hybridized carbons (Fsp3) is 0.417. The molecule has 0 radical (unpaired) electrons. The summed E-state index contributed by atoms with van der Waals surface area (Å²) < 4.78 is 5.52. The minimum atomic E-state index is 0.0613. The van der Waals surface area contributed by atoms with E-state index in [2.05, 4.69) is 4.90 Å². The summed E-state index contributed by atoms with van der Waals surface area (Å²) in [7, 11) is 2.04. The molecular formula is C12H13NO2. The number of rotatable bonds is 1. The molecular weight excluding hydrogens is 190 g/mol. The summed E-state index contributed by atoms with van der Waals surface area (Å²) in [5, 5.41) is 0. The van der Waals surface area contributed by atoms with Gasteiger partial charge in [-0.25, -0.2) is 0 Å². The predicted molar refractivity (Wildman–Crippen MR) is 57.2 cm³/mol. The fourth-order valence-electron chi connectivity index (χ4n) is 2.27. The average molecular weight is 203 g/mol. The van der Waals surface area contributed by atoms with E-state index in [4.69, 9.17) is 4.42 Å². The minimum absolute atomic E-state index is 0.0613. The molecule has 1 fully saturated rings. The summed E-state index contributed by atoms with van der Waals surface area (Å²) in [6.45, 7) is 0. The van der Waals surface area contributed by atoms with Crippen LogP contribution in [0.1, 0.15) is 30.2 Å². The minimum Gasteiger partial charge on any atom is -0.466 e. The Morgan fingerprint density at radius 1 is 1.47 bits per heavy atom. The van der Waals surface area contributed by atoms with E-state index in [1.807, 2.05) is 19.3 Å². The van der Waals surface area contributed by atoms with Gasteiger partial charge in [0.2, 0.25) is 0 Å². The van der Waals surface area contributed by atoms with E-state index in [1.54, 1.807) is 0 Å². The lowest BCUT2D eigenvalue weighted by molar-refractivity contribution is 0.249. The van der Waals surface area contributed by atoms with Crippen molar-refractivity contribution in [2.24, 2.45) is 5.92 Å². The maximum absolute atomic E-state index is 11.6. The van der Waals surface area contributed by atoms with Crippen LogP contribution >= 0.6 is 0 Å². The standard InChI is InChI=1S/C12H13NO2/c1-13-6-4-9-10(14)5-7-15-12(9)11(13)8-2-3-8/h4-8,11H,2-3H2,1H3. The Morgan fingerprint density at radius 2 is 2.27 bits per heavy atom. The Morgan fingerprint density at radius 3 is 3.00 bits per heavy atom. The van der Waals surface area contributed by atoms with Crippen molar-refractivity contribution < 1.29 is 4.42 Å². The second-order valence-corrected chi connectivity index (χ2v) is 4.33. The Hall–Kier alpha value is -1.51. The van der Waals surface area contributed by atoms with Crippen LogP contribution in [0.4, 0.5) is 0 Å². The molecule has 78 valence electrons. The van der Waals surface area contributed by atoms with E-state index in [9.17, 15) is 4.79 Å². The molecule has 0 saturated heterocycles. The zero-order valence-electron chi connectivity index (χ0n) is 8.64. The van der Waals surface area contributed by atoms with Crippen LogP contribution in [-0.4, -0.2) is 11.9 Å². The summed E-state index contributed by atoms with van der Waals surface area (Å²) in [6, 6.07) is 1.75. The predicted octanol–water partition coefficient (Wildman–Crippen LogP) is 2.01. The molecule has 15 heavy (non-hydrogen) atoms. The zero-order valence-corrected chi connectivity index (χ0v) is 8.64. The van der Waals surface area contributed by atoms with E-state index in [0.29, 0.717) is 5.92 Å². The second kappa shape index (κ2) is 2.99. The number of hydrogen-bond donors (Lipinski definition) is 0. The largest absolute Gasteiger partial charge is 0.466 e. The third-order valence-electron chi connectivity index (χ3n) is 3.20. The van der Waals surface area contributed by atoms with Gasteiger partial charge in [0.1, 0.15) is 5.76 Å². The van der Waals surface area contributed by atoms with Gasteiger partial charge in [-0.2, -0.15) is 0 Å². The molecule has 1 aromatic rings. The molecule has 0 bridgehead atoms. The van der Waals surface area contributed by atoms with Crippen molar-refractivity contribution in [3.8, 4) is 0 Å². The van der Waals surface area contributed by atoms with Crippen molar-refractivity contribution in [3.63, 3.8) is 0 Å². The Kier molecular flexibility index (Phi) is 1.75. The molecule has 1 aliphatic heterocycles. The first-order chi connectivity index (χ1) is 7.27. The zero-order chi connectivity index (χ0) is 10.4. The summed E-state index contributed by atoms with van der Waals surface area (Å²) in [5.41, 5.74) is 0.791. The average Bonchev–Trinajstić information content (AvgIpc) is 3.01. The molecule has 2 aliphatic rings. The Balaban J connectivity index is 2.16. The molecule has 2 heterocycles. The van der Waals surface area contributed by atoms with Gasteiger partial charge in [-0.3, -0.25) is 4.79 Å². The van der Waals surface area contributed by atoms with E-state index >= 15 is 0 Å². The van der Waals surface area contributed by atoms with Crippen LogP contribution in [0.15, 0.2) is 27.7 Å². The van der Waals surface area contributed by atoms with Crippen LogP contribution in [0.25, 0.3) is 6.08 Å². The SMILES string of the molecule is CN1C=Cc2c(occc2=O)C1C1CC1. The van der Waals surface area contributed by atoms with Crippen LogP contribution in [0.3, 0.4) is 0 Å². The molecule has 3 rings (SSSR count). The van der Waals surface area contributed by atoms with Gasteiger partial charge >= 0.3 is 0 Å². The van der Waals surface area contributed by atoms with Crippen molar-refractivity contribution in [2.45, 2.75) is 18.9 Å². The molecule has 1 atom stereocenters. The van der Waals surface area contributed by atoms with Gasteiger partial charge in [-0.1, -0.05) is 0 Å². The quantitative estimate of drug-likeness (QED) is 0.700. The van der Waals surface area contributed by atoms with Gasteiger partial charge in [0, 0.05) is 19.3 Å². The van der Waals surface area contributed by atoms with Crippen molar-refractivity contribution in [2.75, 3.05) is 7.05 Å². The fourth-order valence-corrected chi connectivity index (χ4v) is 2.27. The molecule has 0 spiro atoms. The van der Waals surface area contributed by atoms with Crippen LogP contribution in [0.5, 0.6) is 0 Å². The summed E-state index contributed by atoms with van der Waals surface area (Å²) >= 11 is 0. The van der Waals surface area contributed by atoms with Crippen LogP contribution in [0, 0.1) is 5.92 Å². The summed E-state index contributed by atoms with van der Waals surface area (Å²) in [5.74, 6) is 1.50. The van der Waals surface area contributed by atoms with Crippen molar-refractivity contribution in [1.29, 1.82) is 0 Å². The van der Waals surface area contributed by atoms with Crippen LogP contribution < -0.4 is 5.43 Å². The van der Waals surface area contributed by atoms with Gasteiger partial charge in [0.25, 0.3) is 0 Å². The molecule has 1 unspecified atom stereocenters. The van der Waals surface area contributed by atoms with Crippen LogP contribution in [-0.2, 0) is 0 Å². The molecule has 1 aromatic heterocycles. The number of hydrogen-bond acceptors (Lipinski definition) is 3. The Bertz CT molecular complexity index is 471. The van der Waals surface area contributed by atoms with E-state index in [-0.39, 0.29) is 11.5 Å². The van der Waals surface area contributed by atoms with E-state index in [0.717, 1.165) is 11.3 Å². The molecule has 1 saturated carbocycles. The second-order valence-electron chi connectivity index (χ2n) is 4.33. The van der Waals surface area contributed by atoms with Gasteiger partial charge in [0.05, 0.1) is 17.9 Å². The Labute approximate surface area is 88.0 Å². The lowest BCUT2D eigenvalue weighted by atomic mass is 10.00. The highest BCUT2D eigenvalue weighted by Gasteiger charge is 2.38.